The number of nitrogens with zero attached hydrogens (tertiary/aromatic N) is 3. The van der Waals surface area contributed by atoms with Crippen LogP contribution in [0, 0.1) is 11.8 Å². The third-order valence-electron chi connectivity index (χ3n) is 5.49. The molecule has 3 aliphatic rings. The van der Waals surface area contributed by atoms with Crippen molar-refractivity contribution in [1.29, 1.82) is 0 Å². The highest BCUT2D eigenvalue weighted by atomic mass is 35.5. The monoisotopic (exact) mass is 359 g/mol. The van der Waals surface area contributed by atoms with E-state index in [1.54, 1.807) is 0 Å². The Morgan fingerprint density at radius 3 is 2.20 bits per heavy atom. The molecule has 0 aromatic heterocycles. The van der Waals surface area contributed by atoms with Gasteiger partial charge in [-0.25, -0.2) is 0 Å². The van der Waals surface area contributed by atoms with Gasteiger partial charge in [0.15, 0.2) is 0 Å². The number of hydrogen-bond acceptors (Lipinski definition) is 4. The number of piperazine rings is 1. The van der Waals surface area contributed by atoms with Crippen molar-refractivity contribution in [3.8, 4) is 0 Å². The smallest absolute Gasteiger partial charge is 0.234 e. The van der Waals surface area contributed by atoms with Gasteiger partial charge in [-0.2, -0.15) is 0 Å². The SMILES string of the molecule is O=C1C2CC=CCC2C(=O)N1CN1CCN(c2cccc(Cl)c2)CC1. The quantitative estimate of drug-likeness (QED) is 0.614. The standard InChI is InChI=1S/C19H22ClN3O2/c20-14-4-3-5-15(12-14)22-10-8-21(9-11-22)13-23-18(24)16-6-1-2-7-17(16)19(23)25/h1-5,12,16-17H,6-11,13H2. The average Bonchev–Trinajstić information content (AvgIpc) is 2.88. The number of halogens is 1. The van der Waals surface area contributed by atoms with Crippen molar-refractivity contribution in [3.63, 3.8) is 0 Å². The summed E-state index contributed by atoms with van der Waals surface area (Å²) in [5.41, 5.74) is 1.12. The molecule has 1 aliphatic carbocycles. The summed E-state index contributed by atoms with van der Waals surface area (Å²) in [5, 5.41) is 0.740. The van der Waals surface area contributed by atoms with Crippen LogP contribution >= 0.6 is 11.6 Å². The van der Waals surface area contributed by atoms with Crippen LogP contribution in [-0.4, -0.2) is 54.5 Å². The number of rotatable bonds is 3. The zero-order chi connectivity index (χ0) is 17.4. The van der Waals surface area contributed by atoms with Crippen LogP contribution in [0.25, 0.3) is 0 Å². The lowest BCUT2D eigenvalue weighted by Gasteiger charge is -2.37. The van der Waals surface area contributed by atoms with Crippen molar-refractivity contribution in [2.75, 3.05) is 37.7 Å². The van der Waals surface area contributed by atoms with E-state index in [-0.39, 0.29) is 23.7 Å². The topological polar surface area (TPSA) is 43.9 Å². The molecule has 0 saturated carbocycles. The van der Waals surface area contributed by atoms with Gasteiger partial charge >= 0.3 is 0 Å². The third-order valence-corrected chi connectivity index (χ3v) is 5.72. The Bertz CT molecular complexity index is 686. The maximum Gasteiger partial charge on any atom is 0.234 e. The van der Waals surface area contributed by atoms with Crippen LogP contribution in [0.4, 0.5) is 5.69 Å². The molecule has 1 aromatic rings. The van der Waals surface area contributed by atoms with E-state index in [0.29, 0.717) is 19.5 Å². The lowest BCUT2D eigenvalue weighted by atomic mass is 9.85. The molecule has 4 rings (SSSR count). The van der Waals surface area contributed by atoms with Crippen molar-refractivity contribution < 1.29 is 9.59 Å². The van der Waals surface area contributed by atoms with E-state index in [2.05, 4.69) is 15.9 Å². The average molecular weight is 360 g/mol. The van der Waals surface area contributed by atoms with Crippen LogP contribution < -0.4 is 4.90 Å². The first-order chi connectivity index (χ1) is 12.1. The van der Waals surface area contributed by atoms with E-state index < -0.39 is 0 Å². The Kier molecular flexibility index (Phi) is 4.52. The summed E-state index contributed by atoms with van der Waals surface area (Å²) in [4.78, 5) is 31.1. The molecule has 2 aliphatic heterocycles. The first-order valence-electron chi connectivity index (χ1n) is 8.86. The van der Waals surface area contributed by atoms with E-state index in [1.807, 2.05) is 30.4 Å². The molecule has 2 unspecified atom stereocenters. The molecule has 2 fully saturated rings. The number of allylic oxidation sites excluding steroid dienone is 2. The normalized spacial score (nSPS) is 27.1. The van der Waals surface area contributed by atoms with E-state index in [0.717, 1.165) is 36.9 Å². The predicted molar refractivity (Wildman–Crippen MR) is 97.3 cm³/mol. The summed E-state index contributed by atoms with van der Waals surface area (Å²) in [6.07, 6.45) is 5.46. The minimum Gasteiger partial charge on any atom is -0.369 e. The summed E-state index contributed by atoms with van der Waals surface area (Å²) < 4.78 is 0. The van der Waals surface area contributed by atoms with E-state index >= 15 is 0 Å². The number of imide groups is 1. The molecule has 0 spiro atoms. The fraction of sp³-hybridized carbons (Fsp3) is 0.474. The lowest BCUT2D eigenvalue weighted by molar-refractivity contribution is -0.142. The second kappa shape index (κ2) is 6.81. The summed E-state index contributed by atoms with van der Waals surface area (Å²) in [7, 11) is 0. The molecule has 6 heteroatoms. The van der Waals surface area contributed by atoms with Gasteiger partial charge in [-0.05, 0) is 31.0 Å². The zero-order valence-electron chi connectivity index (χ0n) is 14.1. The van der Waals surface area contributed by atoms with Crippen LogP contribution in [0.15, 0.2) is 36.4 Å². The fourth-order valence-corrected chi connectivity index (χ4v) is 4.21. The van der Waals surface area contributed by atoms with Crippen molar-refractivity contribution >= 4 is 29.1 Å². The van der Waals surface area contributed by atoms with Gasteiger partial charge in [0.2, 0.25) is 11.8 Å². The lowest BCUT2D eigenvalue weighted by Crippen LogP contribution is -2.51. The molecule has 25 heavy (non-hydrogen) atoms. The molecule has 2 amide bonds. The number of carbonyl (C=O) groups is 2. The number of likely N-dealkylation sites (tertiary alicyclic amines) is 1. The second-order valence-electron chi connectivity index (χ2n) is 6.99. The molecular formula is C19H22ClN3O2. The fourth-order valence-electron chi connectivity index (χ4n) is 4.03. The second-order valence-corrected chi connectivity index (χ2v) is 7.42. The molecule has 132 valence electrons. The maximum atomic E-state index is 12.6. The molecule has 0 radical (unpaired) electrons. The number of hydrogen-bond donors (Lipinski definition) is 0. The molecule has 0 bridgehead atoms. The molecule has 5 nitrogen and oxygen atoms in total. The van der Waals surface area contributed by atoms with Crippen LogP contribution in [0.3, 0.4) is 0 Å². The van der Waals surface area contributed by atoms with Crippen LogP contribution in [-0.2, 0) is 9.59 Å². The Morgan fingerprint density at radius 2 is 1.60 bits per heavy atom. The van der Waals surface area contributed by atoms with Gasteiger partial charge < -0.3 is 4.90 Å². The van der Waals surface area contributed by atoms with Crippen LogP contribution in [0.5, 0.6) is 0 Å². The van der Waals surface area contributed by atoms with E-state index in [4.69, 9.17) is 11.6 Å². The molecular weight excluding hydrogens is 338 g/mol. The number of anilines is 1. The molecule has 1 aromatic carbocycles. The summed E-state index contributed by atoms with van der Waals surface area (Å²) in [5.74, 6) is -0.247. The van der Waals surface area contributed by atoms with Crippen molar-refractivity contribution in [3.05, 3.63) is 41.4 Å². The van der Waals surface area contributed by atoms with E-state index in [9.17, 15) is 9.59 Å². The van der Waals surface area contributed by atoms with E-state index in [1.165, 1.54) is 4.90 Å². The zero-order valence-corrected chi connectivity index (χ0v) is 14.9. The third kappa shape index (κ3) is 3.18. The van der Waals surface area contributed by atoms with Crippen molar-refractivity contribution in [2.24, 2.45) is 11.8 Å². The Labute approximate surface area is 152 Å². The number of fused-ring (bicyclic) bond motifs is 1. The minimum absolute atomic E-state index is 0.0108. The van der Waals surface area contributed by atoms with Gasteiger partial charge in [0.05, 0.1) is 18.5 Å². The maximum absolute atomic E-state index is 12.6. The van der Waals surface area contributed by atoms with Gasteiger partial charge in [0.1, 0.15) is 0 Å². The number of benzene rings is 1. The first kappa shape index (κ1) is 16.6. The van der Waals surface area contributed by atoms with Gasteiger partial charge in [-0.15, -0.1) is 0 Å². The molecule has 0 N–H and O–H groups in total. The number of carbonyl (C=O) groups excluding carboxylic acids is 2. The van der Waals surface area contributed by atoms with Gasteiger partial charge in [-0.1, -0.05) is 29.8 Å². The van der Waals surface area contributed by atoms with Gasteiger partial charge in [0.25, 0.3) is 0 Å². The Balaban J connectivity index is 1.36. The highest BCUT2D eigenvalue weighted by molar-refractivity contribution is 6.30. The highest BCUT2D eigenvalue weighted by Gasteiger charge is 2.47. The van der Waals surface area contributed by atoms with Crippen molar-refractivity contribution in [1.82, 2.24) is 9.80 Å². The summed E-state index contributed by atoms with van der Waals surface area (Å²) in [6, 6.07) is 7.87. The Hall–Kier alpha value is -1.85. The molecule has 2 heterocycles. The van der Waals surface area contributed by atoms with Crippen molar-refractivity contribution in [2.45, 2.75) is 12.8 Å². The highest BCUT2D eigenvalue weighted by Crippen LogP contribution is 2.35. The molecule has 2 saturated heterocycles. The Morgan fingerprint density at radius 1 is 0.960 bits per heavy atom. The number of amides is 2. The van der Waals surface area contributed by atoms with Gasteiger partial charge in [0, 0.05) is 36.9 Å². The predicted octanol–water partition coefficient (Wildman–Crippen LogP) is 2.37. The van der Waals surface area contributed by atoms with Crippen LogP contribution in [0.1, 0.15) is 12.8 Å². The van der Waals surface area contributed by atoms with Crippen LogP contribution in [0.2, 0.25) is 5.02 Å². The minimum atomic E-state index is -0.134. The summed E-state index contributed by atoms with van der Waals surface area (Å²) >= 11 is 6.07. The molecule has 2 atom stereocenters. The van der Waals surface area contributed by atoms with Gasteiger partial charge in [-0.3, -0.25) is 19.4 Å². The summed E-state index contributed by atoms with van der Waals surface area (Å²) in [6.45, 7) is 3.82. The largest absolute Gasteiger partial charge is 0.369 e. The first-order valence-corrected chi connectivity index (χ1v) is 9.24.